The zero-order chi connectivity index (χ0) is 35.3. The largest absolute Gasteiger partial charge is 0.480 e. The molecular formula is C30H45FN10O7. The number of rotatable bonds is 23. The number of hydrogen-bond donors (Lipinski definition) is 8. The molecule has 1 aromatic carbocycles. The van der Waals surface area contributed by atoms with Crippen LogP contribution in [0.25, 0.3) is 0 Å². The molecule has 0 saturated carbocycles. The maximum absolute atomic E-state index is 13.1. The Morgan fingerprint density at radius 1 is 0.792 bits per heavy atom. The van der Waals surface area contributed by atoms with Crippen LogP contribution in [0.4, 0.5) is 4.39 Å². The zero-order valence-corrected chi connectivity index (χ0v) is 26.7. The first-order valence-corrected chi connectivity index (χ1v) is 15.7. The lowest BCUT2D eigenvalue weighted by Crippen LogP contribution is -2.54. The van der Waals surface area contributed by atoms with Gasteiger partial charge in [-0.3, -0.25) is 24.0 Å². The molecule has 0 fully saturated rings. The Bertz CT molecular complexity index is 1340. The standard InChI is InChI=1S/C30H45FN10O7/c31-12-15-41-19-24(39-40-41)29(46)38-21(10-4-6-13-32)27(44)34-18-26(43)37-23(16-20-8-2-1-3-9-20)28(45)35-17-25(42)36-22(30(47)48)11-5-7-14-33/h1-3,8-9,19,21-23H,4-7,10-18,32-33H2,(H,34,44)(H,35,45)(H,36,42)(H,37,43)(H,38,46)(H,47,48)/t21-,22-,23-/m0/s1/i31-1. The van der Waals surface area contributed by atoms with E-state index in [2.05, 4.69) is 36.9 Å². The number of alkyl halides is 1. The van der Waals surface area contributed by atoms with Crippen LogP contribution >= 0.6 is 0 Å². The number of nitrogens with one attached hydrogen (secondary N) is 5. The van der Waals surface area contributed by atoms with Crippen molar-refractivity contribution in [3.05, 3.63) is 47.8 Å². The van der Waals surface area contributed by atoms with E-state index in [1.54, 1.807) is 30.3 Å². The van der Waals surface area contributed by atoms with E-state index in [0.29, 0.717) is 44.3 Å². The van der Waals surface area contributed by atoms with Crippen LogP contribution in [0, 0.1) is 0 Å². The third-order valence-corrected chi connectivity index (χ3v) is 7.01. The molecular weight excluding hydrogens is 630 g/mol. The second kappa shape index (κ2) is 21.8. The summed E-state index contributed by atoms with van der Waals surface area (Å²) in [6.07, 6.45) is 3.81. The first-order chi connectivity index (χ1) is 23.1. The molecule has 0 aliphatic rings. The van der Waals surface area contributed by atoms with E-state index in [9.17, 15) is 38.3 Å². The van der Waals surface area contributed by atoms with E-state index in [0.717, 1.165) is 4.68 Å². The molecule has 10 N–H and O–H groups in total. The maximum atomic E-state index is 13.1. The van der Waals surface area contributed by atoms with Crippen molar-refractivity contribution >= 4 is 35.5 Å². The smallest absolute Gasteiger partial charge is 0.326 e. The molecule has 3 atom stereocenters. The van der Waals surface area contributed by atoms with E-state index in [-0.39, 0.29) is 31.5 Å². The number of carbonyl (C=O) groups is 6. The summed E-state index contributed by atoms with van der Waals surface area (Å²) in [5, 5.41) is 29.1. The Morgan fingerprint density at radius 3 is 1.92 bits per heavy atom. The fraction of sp³-hybridized carbons (Fsp3) is 0.533. The lowest BCUT2D eigenvalue weighted by atomic mass is 10.1. The first kappa shape index (κ1) is 39.2. The van der Waals surface area contributed by atoms with E-state index < -0.39 is 73.4 Å². The summed E-state index contributed by atoms with van der Waals surface area (Å²) < 4.78 is 13.7. The number of aromatic nitrogens is 3. The number of nitrogens with two attached hydrogens (primary N) is 2. The topological polar surface area (TPSA) is 266 Å². The first-order valence-electron chi connectivity index (χ1n) is 15.7. The third kappa shape index (κ3) is 14.6. The molecule has 1 heterocycles. The van der Waals surface area contributed by atoms with E-state index in [1.165, 1.54) is 6.20 Å². The Labute approximate surface area is 277 Å². The predicted molar refractivity (Wildman–Crippen MR) is 171 cm³/mol. The number of aliphatic carboxylic acids is 1. The Kier molecular flexibility index (Phi) is 17.8. The van der Waals surface area contributed by atoms with Gasteiger partial charge in [0.2, 0.25) is 23.6 Å². The minimum atomic E-state index is -1.22. The summed E-state index contributed by atoms with van der Waals surface area (Å²) in [6, 6.07) is 5.39. The maximum Gasteiger partial charge on any atom is 0.326 e. The van der Waals surface area contributed by atoms with Gasteiger partial charge in [-0.25, -0.2) is 13.9 Å². The van der Waals surface area contributed by atoms with Crippen molar-refractivity contribution in [2.45, 2.75) is 69.6 Å². The Hall–Kier alpha value is -4.97. The van der Waals surface area contributed by atoms with Gasteiger partial charge in [0, 0.05) is 6.42 Å². The van der Waals surface area contributed by atoms with Gasteiger partial charge in [0.15, 0.2) is 5.69 Å². The lowest BCUT2D eigenvalue weighted by molar-refractivity contribution is -0.142. The molecule has 0 radical (unpaired) electrons. The summed E-state index contributed by atoms with van der Waals surface area (Å²) >= 11 is 0. The summed E-state index contributed by atoms with van der Waals surface area (Å²) in [6.45, 7) is -1.13. The van der Waals surface area contributed by atoms with Gasteiger partial charge in [-0.05, 0) is 57.2 Å². The summed E-state index contributed by atoms with van der Waals surface area (Å²) in [5.41, 5.74) is 11.6. The number of carbonyl (C=O) groups excluding carboxylic acids is 5. The van der Waals surface area contributed by atoms with Crippen LogP contribution in [0.3, 0.4) is 0 Å². The van der Waals surface area contributed by atoms with Gasteiger partial charge in [-0.2, -0.15) is 0 Å². The molecule has 48 heavy (non-hydrogen) atoms. The van der Waals surface area contributed by atoms with Crippen molar-refractivity contribution in [2.75, 3.05) is 32.9 Å². The number of unbranched alkanes of at least 4 members (excludes halogenated alkanes) is 2. The normalized spacial score (nSPS) is 12.6. The molecule has 0 saturated heterocycles. The predicted octanol–water partition coefficient (Wildman–Crippen LogP) is -1.87. The molecule has 0 bridgehead atoms. The van der Waals surface area contributed by atoms with E-state index in [4.69, 9.17) is 11.5 Å². The second-order valence-corrected chi connectivity index (χ2v) is 10.9. The van der Waals surface area contributed by atoms with Crippen LogP contribution in [-0.2, 0) is 36.9 Å². The Balaban J connectivity index is 2.02. The average Bonchev–Trinajstić information content (AvgIpc) is 3.54. The van der Waals surface area contributed by atoms with Gasteiger partial charge in [0.1, 0.15) is 24.8 Å². The van der Waals surface area contributed by atoms with Gasteiger partial charge < -0.3 is 43.2 Å². The van der Waals surface area contributed by atoms with Crippen molar-refractivity contribution < 1.29 is 38.3 Å². The quantitative estimate of drug-likeness (QED) is 0.0605. The summed E-state index contributed by atoms with van der Waals surface area (Å²) in [5.74, 6) is -4.77. The molecule has 0 spiro atoms. The average molecular weight is 676 g/mol. The molecule has 2 rings (SSSR count). The van der Waals surface area contributed by atoms with Gasteiger partial charge in [-0.1, -0.05) is 35.5 Å². The molecule has 0 aliphatic heterocycles. The minimum Gasteiger partial charge on any atom is -0.480 e. The number of aryl methyl sites for hydroxylation is 1. The monoisotopic (exact) mass is 675 g/mol. The van der Waals surface area contributed by atoms with Crippen molar-refractivity contribution in [2.24, 2.45) is 11.5 Å². The van der Waals surface area contributed by atoms with Crippen molar-refractivity contribution in [3.8, 4) is 0 Å². The van der Waals surface area contributed by atoms with Gasteiger partial charge in [0.25, 0.3) is 5.91 Å². The molecule has 17 nitrogen and oxygen atoms in total. The highest BCUT2D eigenvalue weighted by Crippen LogP contribution is 2.06. The fourth-order valence-corrected chi connectivity index (χ4v) is 4.47. The summed E-state index contributed by atoms with van der Waals surface area (Å²) in [4.78, 5) is 75.6. The van der Waals surface area contributed by atoms with Crippen molar-refractivity contribution in [1.29, 1.82) is 0 Å². The zero-order valence-electron chi connectivity index (χ0n) is 26.7. The molecule has 0 unspecified atom stereocenters. The van der Waals surface area contributed by atoms with Crippen molar-refractivity contribution in [1.82, 2.24) is 41.6 Å². The lowest BCUT2D eigenvalue weighted by Gasteiger charge is -2.21. The number of amides is 5. The highest BCUT2D eigenvalue weighted by molar-refractivity contribution is 5.97. The number of nitrogens with zero attached hydrogens (tertiary/aromatic N) is 3. The molecule has 1 aromatic heterocycles. The number of carboxylic acids is 1. The van der Waals surface area contributed by atoms with Crippen LogP contribution in [0.2, 0.25) is 0 Å². The molecule has 5 amide bonds. The van der Waals surface area contributed by atoms with Crippen LogP contribution < -0.4 is 38.1 Å². The molecule has 18 heteroatoms. The third-order valence-electron chi connectivity index (χ3n) is 7.01. The second-order valence-electron chi connectivity index (χ2n) is 10.9. The van der Waals surface area contributed by atoms with Gasteiger partial charge >= 0.3 is 5.97 Å². The number of hydrogen-bond acceptors (Lipinski definition) is 10. The minimum absolute atomic E-state index is 0.0473. The van der Waals surface area contributed by atoms with Gasteiger partial charge in [0.05, 0.1) is 25.8 Å². The van der Waals surface area contributed by atoms with Crippen molar-refractivity contribution in [3.63, 3.8) is 0 Å². The number of carboxylic acid groups (broad SMARTS) is 1. The van der Waals surface area contributed by atoms with Gasteiger partial charge in [-0.15, -0.1) is 5.10 Å². The number of halogens is 1. The summed E-state index contributed by atoms with van der Waals surface area (Å²) in [7, 11) is 0. The molecule has 0 aliphatic carbocycles. The van der Waals surface area contributed by atoms with Crippen LogP contribution in [-0.4, -0.2) is 107 Å². The van der Waals surface area contributed by atoms with E-state index in [1.807, 2.05) is 0 Å². The SMILES string of the molecule is NCCCC[C@H](NC(=O)CNC(=O)[C@H](Cc1ccccc1)NC(=O)CNC(=O)[C@H](CCCCN)NC(=O)c1cn(CC[18F])nn1)C(=O)O. The molecule has 264 valence electrons. The Morgan fingerprint density at radius 2 is 1.35 bits per heavy atom. The van der Waals surface area contributed by atoms with Crippen LogP contribution in [0.5, 0.6) is 0 Å². The molecule has 2 aromatic rings. The van der Waals surface area contributed by atoms with Crippen LogP contribution in [0.1, 0.15) is 54.6 Å². The van der Waals surface area contributed by atoms with E-state index >= 15 is 0 Å². The fourth-order valence-electron chi connectivity index (χ4n) is 4.47. The van der Waals surface area contributed by atoms with Crippen LogP contribution in [0.15, 0.2) is 36.5 Å². The highest BCUT2D eigenvalue weighted by Gasteiger charge is 2.26. The number of benzene rings is 1. The highest BCUT2D eigenvalue weighted by atomic mass is 18.2.